The second kappa shape index (κ2) is 5.26. The highest BCUT2D eigenvalue weighted by Crippen LogP contribution is 2.20. The van der Waals surface area contributed by atoms with E-state index in [4.69, 9.17) is 28.9 Å². The van der Waals surface area contributed by atoms with Gasteiger partial charge in [-0.3, -0.25) is 0 Å². The van der Waals surface area contributed by atoms with E-state index in [2.05, 4.69) is 0 Å². The molecule has 0 bridgehead atoms. The molecule has 0 atom stereocenters. The summed E-state index contributed by atoms with van der Waals surface area (Å²) in [5.74, 6) is 0. The van der Waals surface area contributed by atoms with Crippen LogP contribution in [0.5, 0.6) is 0 Å². The molecule has 0 spiro atoms. The van der Waals surface area contributed by atoms with Gasteiger partial charge in [-0.1, -0.05) is 47.5 Å². The van der Waals surface area contributed by atoms with Gasteiger partial charge in [0.05, 0.1) is 0 Å². The minimum atomic E-state index is 0.629. The van der Waals surface area contributed by atoms with Crippen LogP contribution >= 0.6 is 23.2 Å². The Morgan fingerprint density at radius 2 is 1.47 bits per heavy atom. The Balaban J connectivity index is 2.25. The number of nitrogens with two attached hydrogens (primary N) is 1. The maximum absolute atomic E-state index is 5.92. The average molecular weight is 264 g/mol. The lowest BCUT2D eigenvalue weighted by atomic mass is 10.1. The highest BCUT2D eigenvalue weighted by molar-refractivity contribution is 6.34. The van der Waals surface area contributed by atoms with Gasteiger partial charge in [0.1, 0.15) is 0 Å². The number of anilines is 1. The molecule has 0 aliphatic rings. The van der Waals surface area contributed by atoms with E-state index >= 15 is 0 Å². The maximum Gasteiger partial charge on any atom is 0.0426 e. The van der Waals surface area contributed by atoms with E-state index in [1.165, 1.54) is 0 Å². The topological polar surface area (TPSA) is 26.0 Å². The molecule has 0 radical (unpaired) electrons. The Morgan fingerprint density at radius 3 is 2.12 bits per heavy atom. The number of hydrogen-bond acceptors (Lipinski definition) is 1. The molecule has 0 aliphatic carbocycles. The minimum Gasteiger partial charge on any atom is -0.399 e. The highest BCUT2D eigenvalue weighted by atomic mass is 35.5. The summed E-state index contributed by atoms with van der Waals surface area (Å²) < 4.78 is 0. The van der Waals surface area contributed by atoms with Crippen LogP contribution in [0.4, 0.5) is 5.69 Å². The number of nitrogen functional groups attached to an aromatic ring is 1. The van der Waals surface area contributed by atoms with Crippen molar-refractivity contribution in [2.45, 2.75) is 0 Å². The lowest BCUT2D eigenvalue weighted by Gasteiger charge is -1.98. The van der Waals surface area contributed by atoms with Gasteiger partial charge in [0, 0.05) is 15.7 Å². The molecule has 2 aromatic rings. The average Bonchev–Trinajstić information content (AvgIpc) is 2.25. The first-order valence-corrected chi connectivity index (χ1v) is 5.89. The molecule has 1 nitrogen and oxygen atoms in total. The quantitative estimate of drug-likeness (QED) is 0.615. The van der Waals surface area contributed by atoms with Crippen molar-refractivity contribution in [2.24, 2.45) is 0 Å². The minimum absolute atomic E-state index is 0.629. The Bertz CT molecular complexity index is 542. The molecule has 0 aliphatic heterocycles. The molecule has 0 saturated heterocycles. The van der Waals surface area contributed by atoms with Crippen LogP contribution in [0.25, 0.3) is 12.2 Å². The van der Waals surface area contributed by atoms with Crippen LogP contribution in [0, 0.1) is 0 Å². The molecule has 0 fully saturated rings. The zero-order chi connectivity index (χ0) is 12.3. The van der Waals surface area contributed by atoms with E-state index in [9.17, 15) is 0 Å². The number of rotatable bonds is 2. The predicted octanol–water partition coefficient (Wildman–Crippen LogP) is 4.75. The van der Waals surface area contributed by atoms with Gasteiger partial charge in [0.15, 0.2) is 0 Å². The van der Waals surface area contributed by atoms with Crippen molar-refractivity contribution >= 4 is 41.0 Å². The monoisotopic (exact) mass is 263 g/mol. The Hall–Kier alpha value is -1.44. The summed E-state index contributed by atoms with van der Waals surface area (Å²) in [6.45, 7) is 0. The number of halogens is 2. The highest BCUT2D eigenvalue weighted by Gasteiger charge is 1.95. The molecule has 2 N–H and O–H groups in total. The van der Waals surface area contributed by atoms with Crippen molar-refractivity contribution in [3.8, 4) is 0 Å². The van der Waals surface area contributed by atoms with Crippen molar-refractivity contribution in [3.05, 3.63) is 63.6 Å². The van der Waals surface area contributed by atoms with Crippen LogP contribution in [-0.2, 0) is 0 Å². The standard InChI is InChI=1S/C14H11Cl2N/c15-12-6-11(7-13(16)9-12)5-4-10-2-1-3-14(17)8-10/h1-9H,17H2/b5-4+. The van der Waals surface area contributed by atoms with Crippen molar-refractivity contribution in [2.75, 3.05) is 5.73 Å². The van der Waals surface area contributed by atoms with Crippen LogP contribution in [0.3, 0.4) is 0 Å². The van der Waals surface area contributed by atoms with Gasteiger partial charge in [-0.15, -0.1) is 0 Å². The molecular formula is C14H11Cl2N. The summed E-state index contributed by atoms with van der Waals surface area (Å²) >= 11 is 11.8. The fraction of sp³-hybridized carbons (Fsp3) is 0. The first-order chi connectivity index (χ1) is 8.13. The fourth-order valence-electron chi connectivity index (χ4n) is 1.53. The molecule has 0 aromatic heterocycles. The Labute approximate surface area is 110 Å². The summed E-state index contributed by atoms with van der Waals surface area (Å²) in [6, 6.07) is 13.1. The van der Waals surface area contributed by atoms with E-state index in [0.717, 1.165) is 16.8 Å². The largest absolute Gasteiger partial charge is 0.399 e. The third-order valence-corrected chi connectivity index (χ3v) is 2.70. The van der Waals surface area contributed by atoms with E-state index in [1.807, 2.05) is 48.6 Å². The van der Waals surface area contributed by atoms with Crippen LogP contribution in [0.2, 0.25) is 10.0 Å². The van der Waals surface area contributed by atoms with Crippen molar-refractivity contribution in [1.82, 2.24) is 0 Å². The van der Waals surface area contributed by atoms with Crippen molar-refractivity contribution in [3.63, 3.8) is 0 Å². The molecular weight excluding hydrogens is 253 g/mol. The molecule has 2 rings (SSSR count). The predicted molar refractivity (Wildman–Crippen MR) is 76.2 cm³/mol. The van der Waals surface area contributed by atoms with Gasteiger partial charge in [-0.25, -0.2) is 0 Å². The van der Waals surface area contributed by atoms with Crippen LogP contribution < -0.4 is 5.73 Å². The molecule has 2 aromatic carbocycles. The molecule has 17 heavy (non-hydrogen) atoms. The van der Waals surface area contributed by atoms with Crippen LogP contribution in [0.1, 0.15) is 11.1 Å². The normalized spacial score (nSPS) is 10.9. The first-order valence-electron chi connectivity index (χ1n) is 5.13. The van der Waals surface area contributed by atoms with E-state index in [0.29, 0.717) is 10.0 Å². The van der Waals surface area contributed by atoms with Gasteiger partial charge in [0.2, 0.25) is 0 Å². The number of hydrogen-bond donors (Lipinski definition) is 1. The Morgan fingerprint density at radius 1 is 0.824 bits per heavy atom. The van der Waals surface area contributed by atoms with E-state index in [1.54, 1.807) is 6.07 Å². The third-order valence-electron chi connectivity index (χ3n) is 2.26. The smallest absolute Gasteiger partial charge is 0.0426 e. The van der Waals surface area contributed by atoms with Crippen molar-refractivity contribution in [1.29, 1.82) is 0 Å². The molecule has 0 saturated carbocycles. The molecule has 0 heterocycles. The fourth-order valence-corrected chi connectivity index (χ4v) is 2.07. The van der Waals surface area contributed by atoms with Gasteiger partial charge in [-0.2, -0.15) is 0 Å². The summed E-state index contributed by atoms with van der Waals surface area (Å²) in [6.07, 6.45) is 3.92. The summed E-state index contributed by atoms with van der Waals surface area (Å²) in [5.41, 5.74) is 8.45. The summed E-state index contributed by atoms with van der Waals surface area (Å²) in [5, 5.41) is 1.26. The SMILES string of the molecule is Nc1cccc(/C=C/c2cc(Cl)cc(Cl)c2)c1. The summed E-state index contributed by atoms with van der Waals surface area (Å²) in [7, 11) is 0. The molecule has 3 heteroatoms. The Kier molecular flexibility index (Phi) is 3.72. The van der Waals surface area contributed by atoms with E-state index in [-0.39, 0.29) is 0 Å². The van der Waals surface area contributed by atoms with Gasteiger partial charge >= 0.3 is 0 Å². The van der Waals surface area contributed by atoms with E-state index < -0.39 is 0 Å². The molecule has 0 unspecified atom stereocenters. The maximum atomic E-state index is 5.92. The van der Waals surface area contributed by atoms with Crippen LogP contribution in [-0.4, -0.2) is 0 Å². The first kappa shape index (κ1) is 12.0. The third kappa shape index (κ3) is 3.52. The van der Waals surface area contributed by atoms with Gasteiger partial charge < -0.3 is 5.73 Å². The number of benzene rings is 2. The second-order valence-electron chi connectivity index (χ2n) is 3.71. The molecule has 86 valence electrons. The second-order valence-corrected chi connectivity index (χ2v) is 4.58. The van der Waals surface area contributed by atoms with Gasteiger partial charge in [-0.05, 0) is 41.5 Å². The van der Waals surface area contributed by atoms with Gasteiger partial charge in [0.25, 0.3) is 0 Å². The summed E-state index contributed by atoms with van der Waals surface area (Å²) in [4.78, 5) is 0. The van der Waals surface area contributed by atoms with Crippen molar-refractivity contribution < 1.29 is 0 Å². The zero-order valence-corrected chi connectivity index (χ0v) is 10.5. The lowest BCUT2D eigenvalue weighted by molar-refractivity contribution is 1.63. The lowest BCUT2D eigenvalue weighted by Crippen LogP contribution is -1.83. The molecule has 0 amide bonds. The zero-order valence-electron chi connectivity index (χ0n) is 9.03. The van der Waals surface area contributed by atoms with Crippen LogP contribution in [0.15, 0.2) is 42.5 Å².